The number of hydrogen-bond donors (Lipinski definition) is 0. The molecule has 26 heavy (non-hydrogen) atoms. The molecule has 0 amide bonds. The molecule has 0 N–H and O–H groups in total. The minimum atomic E-state index is -4.30. The number of aromatic nitrogens is 5. The van der Waals surface area contributed by atoms with Crippen molar-refractivity contribution in [2.45, 2.75) is 31.3 Å². The third-order valence-corrected chi connectivity index (χ3v) is 4.91. The van der Waals surface area contributed by atoms with Gasteiger partial charge >= 0.3 is 6.18 Å². The Hall–Kier alpha value is -2.29. The molecule has 0 fully saturated rings. The van der Waals surface area contributed by atoms with Crippen LogP contribution in [0.2, 0.25) is 0 Å². The fourth-order valence-electron chi connectivity index (χ4n) is 3.27. The number of fused-ring (bicyclic) bond motifs is 3. The van der Waals surface area contributed by atoms with Crippen molar-refractivity contribution in [1.29, 1.82) is 0 Å². The number of halogens is 3. The maximum atomic E-state index is 13.0. The van der Waals surface area contributed by atoms with Crippen LogP contribution in [0.25, 0.3) is 16.9 Å². The van der Waals surface area contributed by atoms with E-state index in [-0.39, 0.29) is 0 Å². The maximum absolute atomic E-state index is 13.0. The van der Waals surface area contributed by atoms with Crippen LogP contribution in [0.3, 0.4) is 0 Å². The molecule has 1 aliphatic carbocycles. The van der Waals surface area contributed by atoms with Gasteiger partial charge in [-0.1, -0.05) is 0 Å². The van der Waals surface area contributed by atoms with E-state index in [1.165, 1.54) is 11.8 Å². The van der Waals surface area contributed by atoms with Crippen LogP contribution < -0.4 is 0 Å². The van der Waals surface area contributed by atoms with Crippen molar-refractivity contribution in [2.24, 2.45) is 0 Å². The van der Waals surface area contributed by atoms with E-state index in [4.69, 9.17) is 0 Å². The molecular formula is C17H16F3N5S. The van der Waals surface area contributed by atoms with Gasteiger partial charge in [-0.05, 0) is 31.2 Å². The van der Waals surface area contributed by atoms with Crippen molar-refractivity contribution in [1.82, 2.24) is 24.5 Å². The van der Waals surface area contributed by atoms with Crippen LogP contribution in [0.5, 0.6) is 0 Å². The number of alkyl halides is 3. The van der Waals surface area contributed by atoms with E-state index >= 15 is 0 Å². The van der Waals surface area contributed by atoms with E-state index in [0.29, 0.717) is 30.0 Å². The number of thioether (sulfide) groups is 1. The van der Waals surface area contributed by atoms with Crippen LogP contribution >= 0.6 is 11.8 Å². The summed E-state index contributed by atoms with van der Waals surface area (Å²) in [6.07, 6.45) is 4.13. The van der Waals surface area contributed by atoms with Crippen molar-refractivity contribution in [2.75, 3.05) is 6.26 Å². The quantitative estimate of drug-likeness (QED) is 0.694. The van der Waals surface area contributed by atoms with E-state index in [9.17, 15) is 13.2 Å². The van der Waals surface area contributed by atoms with E-state index < -0.39 is 12.7 Å². The van der Waals surface area contributed by atoms with E-state index in [0.717, 1.165) is 27.2 Å². The molecule has 1 aliphatic rings. The standard InChI is InChI=1S/C17H16F3N5S/c1-26-9-15-12-4-5-14-13(16(12)23-25(15)10-17(18,19)20)8-24(22-14)11-3-2-6-21-7-11/h2-3,6-8H,4-5,9-10H2,1H3. The van der Waals surface area contributed by atoms with Gasteiger partial charge in [-0.3, -0.25) is 9.67 Å². The van der Waals surface area contributed by atoms with Crippen molar-refractivity contribution >= 4 is 11.8 Å². The first kappa shape index (κ1) is 17.1. The largest absolute Gasteiger partial charge is 0.408 e. The Kier molecular flexibility index (Phi) is 4.26. The number of hydrogen-bond acceptors (Lipinski definition) is 4. The van der Waals surface area contributed by atoms with Crippen molar-refractivity contribution in [3.8, 4) is 16.9 Å². The second kappa shape index (κ2) is 6.46. The van der Waals surface area contributed by atoms with Crippen LogP contribution in [0, 0.1) is 0 Å². The maximum Gasteiger partial charge on any atom is 0.408 e. The van der Waals surface area contributed by atoms with Gasteiger partial charge in [-0.2, -0.15) is 35.1 Å². The second-order valence-electron chi connectivity index (χ2n) is 6.12. The van der Waals surface area contributed by atoms with Crippen molar-refractivity contribution in [3.63, 3.8) is 0 Å². The lowest BCUT2D eigenvalue weighted by molar-refractivity contribution is -0.142. The predicted molar refractivity (Wildman–Crippen MR) is 93.3 cm³/mol. The average molecular weight is 379 g/mol. The zero-order valence-corrected chi connectivity index (χ0v) is 14.8. The van der Waals surface area contributed by atoms with Gasteiger partial charge in [0, 0.05) is 29.3 Å². The number of rotatable bonds is 4. The van der Waals surface area contributed by atoms with Crippen molar-refractivity contribution in [3.05, 3.63) is 47.7 Å². The Morgan fingerprint density at radius 2 is 2.08 bits per heavy atom. The molecule has 0 radical (unpaired) electrons. The highest BCUT2D eigenvalue weighted by atomic mass is 32.2. The summed E-state index contributed by atoms with van der Waals surface area (Å²) in [5.41, 5.74) is 4.65. The summed E-state index contributed by atoms with van der Waals surface area (Å²) in [5.74, 6) is 0.504. The highest BCUT2D eigenvalue weighted by Crippen LogP contribution is 2.36. The first-order valence-electron chi connectivity index (χ1n) is 8.10. The summed E-state index contributed by atoms with van der Waals surface area (Å²) in [4.78, 5) is 4.09. The summed E-state index contributed by atoms with van der Waals surface area (Å²) >= 11 is 1.50. The number of aryl methyl sites for hydroxylation is 1. The molecule has 4 rings (SSSR count). The summed E-state index contributed by atoms with van der Waals surface area (Å²) in [5, 5.41) is 8.90. The second-order valence-corrected chi connectivity index (χ2v) is 6.99. The molecule has 0 saturated heterocycles. The first-order chi connectivity index (χ1) is 12.5. The molecule has 0 bridgehead atoms. The Labute approximate surface area is 152 Å². The van der Waals surface area contributed by atoms with E-state index in [1.54, 1.807) is 17.1 Å². The molecule has 9 heteroatoms. The van der Waals surface area contributed by atoms with E-state index in [1.807, 2.05) is 24.6 Å². The van der Waals surface area contributed by atoms with Gasteiger partial charge < -0.3 is 0 Å². The summed E-state index contributed by atoms with van der Waals surface area (Å²) in [6, 6.07) is 3.70. The molecule has 3 heterocycles. The van der Waals surface area contributed by atoms with Gasteiger partial charge in [-0.25, -0.2) is 4.68 Å². The summed E-state index contributed by atoms with van der Waals surface area (Å²) in [7, 11) is 0. The highest BCUT2D eigenvalue weighted by Gasteiger charge is 2.33. The lowest BCUT2D eigenvalue weighted by Crippen LogP contribution is -2.20. The lowest BCUT2D eigenvalue weighted by atomic mass is 9.94. The van der Waals surface area contributed by atoms with Gasteiger partial charge in [0.05, 0.1) is 29.0 Å². The molecular weight excluding hydrogens is 363 g/mol. The monoisotopic (exact) mass is 379 g/mol. The van der Waals surface area contributed by atoms with Gasteiger partial charge in [0.2, 0.25) is 0 Å². The Balaban J connectivity index is 1.80. The van der Waals surface area contributed by atoms with Gasteiger partial charge in [-0.15, -0.1) is 0 Å². The molecule has 0 aliphatic heterocycles. The third-order valence-electron chi connectivity index (χ3n) is 4.34. The molecule has 0 unspecified atom stereocenters. The van der Waals surface area contributed by atoms with Crippen molar-refractivity contribution < 1.29 is 13.2 Å². The van der Waals surface area contributed by atoms with Crippen LogP contribution in [0.1, 0.15) is 17.0 Å². The molecule has 0 spiro atoms. The molecule has 5 nitrogen and oxygen atoms in total. The van der Waals surface area contributed by atoms with Gasteiger partial charge in [0.1, 0.15) is 6.54 Å². The summed E-state index contributed by atoms with van der Waals surface area (Å²) < 4.78 is 41.7. The lowest BCUT2D eigenvalue weighted by Gasteiger charge is -2.12. The smallest absolute Gasteiger partial charge is 0.262 e. The topological polar surface area (TPSA) is 48.5 Å². The van der Waals surface area contributed by atoms with Crippen LogP contribution in [0.4, 0.5) is 13.2 Å². The minimum absolute atomic E-state index is 0.504. The summed E-state index contributed by atoms with van der Waals surface area (Å²) in [6.45, 7) is -1.07. The molecule has 136 valence electrons. The third kappa shape index (κ3) is 3.11. The predicted octanol–water partition coefficient (Wildman–Crippen LogP) is 3.65. The zero-order chi connectivity index (χ0) is 18.3. The SMILES string of the molecule is CSCc1c2c(nn1CC(F)(F)F)-c1cn(-c3cccnc3)nc1CC2. The molecule has 3 aromatic rings. The average Bonchev–Trinajstić information content (AvgIpc) is 3.17. The Bertz CT molecular complexity index is 930. The fourth-order valence-corrected chi connectivity index (χ4v) is 3.87. The van der Waals surface area contributed by atoms with E-state index in [2.05, 4.69) is 15.2 Å². The normalized spacial score (nSPS) is 13.5. The minimum Gasteiger partial charge on any atom is -0.262 e. The van der Waals surface area contributed by atoms with Crippen LogP contribution in [-0.2, 0) is 25.1 Å². The highest BCUT2D eigenvalue weighted by molar-refractivity contribution is 7.97. The van der Waals surface area contributed by atoms with Gasteiger partial charge in [0.25, 0.3) is 0 Å². The first-order valence-corrected chi connectivity index (χ1v) is 9.49. The molecule has 3 aromatic heterocycles. The zero-order valence-electron chi connectivity index (χ0n) is 14.0. The molecule has 0 saturated carbocycles. The molecule has 0 atom stereocenters. The Morgan fingerprint density at radius 1 is 1.23 bits per heavy atom. The van der Waals surface area contributed by atoms with Gasteiger partial charge in [0.15, 0.2) is 0 Å². The fraction of sp³-hybridized carbons (Fsp3) is 0.353. The van der Waals surface area contributed by atoms with Crippen LogP contribution in [-0.4, -0.2) is 37.0 Å². The number of pyridine rings is 1. The van der Waals surface area contributed by atoms with Crippen LogP contribution in [0.15, 0.2) is 30.7 Å². The molecule has 0 aromatic carbocycles. The Morgan fingerprint density at radius 3 is 2.77 bits per heavy atom. The number of nitrogens with zero attached hydrogens (tertiary/aromatic N) is 5.